The third-order valence-electron chi connectivity index (χ3n) is 4.00. The number of carbonyl (C=O) groups is 2. The largest absolute Gasteiger partial charge is 0.505 e. The Kier molecular flexibility index (Phi) is 5.04. The molecule has 0 unspecified atom stereocenters. The van der Waals surface area contributed by atoms with Crippen LogP contribution in [0.2, 0.25) is 0 Å². The van der Waals surface area contributed by atoms with Gasteiger partial charge in [-0.2, -0.15) is 0 Å². The Morgan fingerprint density at radius 2 is 1.73 bits per heavy atom. The number of halogens is 1. The summed E-state index contributed by atoms with van der Waals surface area (Å²) >= 11 is 6.05. The fourth-order valence-corrected chi connectivity index (χ4v) is 2.88. The molecule has 1 atom stereocenters. The molecule has 3 rings (SSSR count). The van der Waals surface area contributed by atoms with Crippen molar-refractivity contribution < 1.29 is 19.8 Å². The predicted octanol–water partition coefficient (Wildman–Crippen LogP) is 3.23. The summed E-state index contributed by atoms with van der Waals surface area (Å²) in [5.41, 5.74) is 0.423. The SMILES string of the molecule is O=C(O)[C@@H](Cc1ccccc1)N(Cl)C(=O)c1ncc2ccccc2c1O. The number of carboxylic acid groups (broad SMARTS) is 1. The summed E-state index contributed by atoms with van der Waals surface area (Å²) in [5, 5.41) is 20.9. The summed E-state index contributed by atoms with van der Waals surface area (Å²) in [5.74, 6) is -2.46. The smallest absolute Gasteiger partial charge is 0.328 e. The lowest BCUT2D eigenvalue weighted by molar-refractivity contribution is -0.140. The van der Waals surface area contributed by atoms with Crippen LogP contribution in [0, 0.1) is 0 Å². The van der Waals surface area contributed by atoms with E-state index in [0.29, 0.717) is 20.8 Å². The Morgan fingerprint density at radius 1 is 1.08 bits per heavy atom. The second-order valence-corrected chi connectivity index (χ2v) is 6.07. The van der Waals surface area contributed by atoms with Crippen molar-refractivity contribution in [3.63, 3.8) is 0 Å². The molecule has 2 aromatic carbocycles. The number of benzene rings is 2. The molecule has 0 saturated carbocycles. The minimum absolute atomic E-state index is 0.0275. The van der Waals surface area contributed by atoms with E-state index in [1.54, 1.807) is 54.6 Å². The Balaban J connectivity index is 1.92. The van der Waals surface area contributed by atoms with Gasteiger partial charge in [-0.25, -0.2) is 14.2 Å². The Morgan fingerprint density at radius 3 is 2.42 bits per heavy atom. The summed E-state index contributed by atoms with van der Waals surface area (Å²) in [4.78, 5) is 28.2. The monoisotopic (exact) mass is 370 g/mol. The maximum atomic E-state index is 12.7. The van der Waals surface area contributed by atoms with Gasteiger partial charge in [0.15, 0.2) is 17.5 Å². The Hall–Kier alpha value is -3.12. The molecule has 132 valence electrons. The molecule has 3 aromatic rings. The van der Waals surface area contributed by atoms with Gasteiger partial charge in [0.05, 0.1) is 0 Å². The molecular weight excluding hydrogens is 356 g/mol. The summed E-state index contributed by atoms with van der Waals surface area (Å²) in [6.07, 6.45) is 1.46. The third-order valence-corrected chi connectivity index (χ3v) is 4.39. The molecule has 7 heteroatoms. The van der Waals surface area contributed by atoms with Crippen LogP contribution in [-0.2, 0) is 11.2 Å². The Bertz CT molecular complexity index is 962. The van der Waals surface area contributed by atoms with Crippen molar-refractivity contribution in [2.45, 2.75) is 12.5 Å². The van der Waals surface area contributed by atoms with Gasteiger partial charge in [-0.3, -0.25) is 4.79 Å². The lowest BCUT2D eigenvalue weighted by Crippen LogP contribution is -2.40. The molecule has 1 amide bonds. The zero-order valence-corrected chi connectivity index (χ0v) is 14.3. The first-order valence-corrected chi connectivity index (χ1v) is 8.15. The normalized spacial score (nSPS) is 11.9. The summed E-state index contributed by atoms with van der Waals surface area (Å²) < 4.78 is 0.576. The van der Waals surface area contributed by atoms with E-state index < -0.39 is 17.9 Å². The van der Waals surface area contributed by atoms with Crippen LogP contribution >= 0.6 is 11.8 Å². The molecule has 0 aliphatic carbocycles. The number of aromatic hydroxyl groups is 1. The molecule has 0 spiro atoms. The zero-order chi connectivity index (χ0) is 18.7. The van der Waals surface area contributed by atoms with Crippen LogP contribution in [-0.4, -0.2) is 37.5 Å². The van der Waals surface area contributed by atoms with Crippen molar-refractivity contribution in [2.24, 2.45) is 0 Å². The van der Waals surface area contributed by atoms with E-state index in [-0.39, 0.29) is 17.9 Å². The van der Waals surface area contributed by atoms with Crippen molar-refractivity contribution in [1.29, 1.82) is 0 Å². The number of rotatable bonds is 5. The van der Waals surface area contributed by atoms with Gasteiger partial charge in [0.25, 0.3) is 5.91 Å². The second-order valence-electron chi connectivity index (χ2n) is 5.70. The van der Waals surface area contributed by atoms with Crippen molar-refractivity contribution >= 4 is 34.4 Å². The lowest BCUT2D eigenvalue weighted by atomic mass is 10.1. The van der Waals surface area contributed by atoms with Gasteiger partial charge in [0.1, 0.15) is 0 Å². The van der Waals surface area contributed by atoms with Gasteiger partial charge in [0.2, 0.25) is 0 Å². The molecule has 0 saturated heterocycles. The topological polar surface area (TPSA) is 90.7 Å². The van der Waals surface area contributed by atoms with Crippen molar-refractivity contribution in [3.8, 4) is 5.75 Å². The molecule has 2 N–H and O–H groups in total. The molecule has 1 heterocycles. The van der Waals surface area contributed by atoms with Crippen LogP contribution in [0.25, 0.3) is 10.8 Å². The highest BCUT2D eigenvalue weighted by molar-refractivity contribution is 6.26. The first-order chi connectivity index (χ1) is 12.5. The number of aromatic nitrogens is 1. The van der Waals surface area contributed by atoms with Crippen LogP contribution in [0.5, 0.6) is 5.75 Å². The molecule has 1 aromatic heterocycles. The van der Waals surface area contributed by atoms with Gasteiger partial charge in [-0.15, -0.1) is 0 Å². The molecular formula is C19H15ClN2O4. The maximum Gasteiger partial charge on any atom is 0.328 e. The molecule has 6 nitrogen and oxygen atoms in total. The average molecular weight is 371 g/mol. The molecule has 0 radical (unpaired) electrons. The molecule has 0 fully saturated rings. The third kappa shape index (κ3) is 3.45. The van der Waals surface area contributed by atoms with Crippen LogP contribution in [0.3, 0.4) is 0 Å². The van der Waals surface area contributed by atoms with Crippen LogP contribution in [0.15, 0.2) is 60.8 Å². The van der Waals surface area contributed by atoms with E-state index in [1.807, 2.05) is 0 Å². The van der Waals surface area contributed by atoms with Crippen molar-refractivity contribution in [1.82, 2.24) is 9.40 Å². The van der Waals surface area contributed by atoms with E-state index in [0.717, 1.165) is 0 Å². The first kappa shape index (κ1) is 17.7. The fraction of sp³-hybridized carbons (Fsp3) is 0.105. The van der Waals surface area contributed by atoms with Crippen molar-refractivity contribution in [3.05, 3.63) is 72.1 Å². The number of carboxylic acids is 1. The van der Waals surface area contributed by atoms with Crippen LogP contribution in [0.4, 0.5) is 0 Å². The average Bonchev–Trinajstić information content (AvgIpc) is 2.66. The van der Waals surface area contributed by atoms with Gasteiger partial charge < -0.3 is 10.2 Å². The fourth-order valence-electron chi connectivity index (χ4n) is 2.65. The van der Waals surface area contributed by atoms with E-state index in [1.165, 1.54) is 6.20 Å². The highest BCUT2D eigenvalue weighted by Gasteiger charge is 2.32. The van der Waals surface area contributed by atoms with Gasteiger partial charge in [0, 0.05) is 35.2 Å². The van der Waals surface area contributed by atoms with Gasteiger partial charge in [-0.05, 0) is 5.56 Å². The number of fused-ring (bicyclic) bond motifs is 1. The number of carbonyl (C=O) groups excluding carboxylic acids is 1. The summed E-state index contributed by atoms with van der Waals surface area (Å²) in [6.45, 7) is 0. The first-order valence-electron chi connectivity index (χ1n) is 7.82. The Labute approximate surface area is 154 Å². The summed E-state index contributed by atoms with van der Waals surface area (Å²) in [7, 11) is 0. The molecule has 0 bridgehead atoms. The molecule has 0 aliphatic rings. The molecule has 0 aliphatic heterocycles. The number of hydrogen-bond donors (Lipinski definition) is 2. The molecule has 26 heavy (non-hydrogen) atoms. The number of pyridine rings is 1. The number of aliphatic carboxylic acids is 1. The number of hydrogen-bond acceptors (Lipinski definition) is 4. The minimum Gasteiger partial charge on any atom is -0.505 e. The highest BCUT2D eigenvalue weighted by Crippen LogP contribution is 2.28. The number of amides is 1. The van der Waals surface area contributed by atoms with E-state index >= 15 is 0 Å². The predicted molar refractivity (Wildman–Crippen MR) is 97.0 cm³/mol. The minimum atomic E-state index is -1.31. The van der Waals surface area contributed by atoms with E-state index in [9.17, 15) is 19.8 Å². The van der Waals surface area contributed by atoms with Gasteiger partial charge in [-0.1, -0.05) is 54.6 Å². The van der Waals surface area contributed by atoms with Gasteiger partial charge >= 0.3 is 5.97 Å². The van der Waals surface area contributed by atoms with Crippen LogP contribution in [0.1, 0.15) is 16.1 Å². The standard InChI is InChI=1S/C19H15ClN2O4/c20-22(15(19(25)26)10-12-6-2-1-3-7-12)18(24)16-17(23)14-9-5-4-8-13(14)11-21-16/h1-9,11,15,23H,10H2,(H,25,26)/t15-/m1/s1. The number of nitrogens with zero attached hydrogens (tertiary/aromatic N) is 2. The highest BCUT2D eigenvalue weighted by atomic mass is 35.5. The lowest BCUT2D eigenvalue weighted by Gasteiger charge is -2.22. The maximum absolute atomic E-state index is 12.7. The van der Waals surface area contributed by atoms with Crippen molar-refractivity contribution in [2.75, 3.05) is 0 Å². The summed E-state index contributed by atoms with van der Waals surface area (Å²) in [6, 6.07) is 14.4. The second kappa shape index (κ2) is 7.41. The van der Waals surface area contributed by atoms with E-state index in [4.69, 9.17) is 11.8 Å². The quantitative estimate of drug-likeness (QED) is 0.673. The zero-order valence-electron chi connectivity index (χ0n) is 13.5. The van der Waals surface area contributed by atoms with Crippen LogP contribution < -0.4 is 0 Å². The van der Waals surface area contributed by atoms with E-state index in [2.05, 4.69) is 4.98 Å².